The number of rotatable bonds is 3. The van der Waals surface area contributed by atoms with Gasteiger partial charge in [0, 0.05) is 38.0 Å². The summed E-state index contributed by atoms with van der Waals surface area (Å²) in [5.41, 5.74) is 3.43. The molecule has 0 bridgehead atoms. The number of fused-ring (bicyclic) bond motifs is 1. The molecule has 2 aromatic rings. The van der Waals surface area contributed by atoms with Crippen LogP contribution >= 0.6 is 0 Å². The molecule has 0 spiro atoms. The summed E-state index contributed by atoms with van der Waals surface area (Å²) in [6, 6.07) is 8.07. The molecular weight excluding hydrogens is 380 g/mol. The summed E-state index contributed by atoms with van der Waals surface area (Å²) >= 11 is 0. The van der Waals surface area contributed by atoms with E-state index in [0.717, 1.165) is 12.0 Å². The van der Waals surface area contributed by atoms with Gasteiger partial charge in [-0.2, -0.15) is 0 Å². The molecule has 0 unspecified atom stereocenters. The highest BCUT2D eigenvalue weighted by Gasteiger charge is 2.32. The van der Waals surface area contributed by atoms with Crippen LogP contribution in [-0.4, -0.2) is 51.2 Å². The molecule has 1 aromatic carbocycles. The minimum Gasteiger partial charge on any atom is -0.341 e. The highest BCUT2D eigenvalue weighted by atomic mass is 16.2. The van der Waals surface area contributed by atoms with Gasteiger partial charge in [0.25, 0.3) is 5.56 Å². The van der Waals surface area contributed by atoms with Crippen LogP contribution in [0, 0.1) is 6.92 Å². The minimum absolute atomic E-state index is 0.00451. The van der Waals surface area contributed by atoms with Crippen molar-refractivity contribution in [1.29, 1.82) is 0 Å². The Morgan fingerprint density at radius 3 is 2.60 bits per heavy atom. The predicted molar refractivity (Wildman–Crippen MR) is 113 cm³/mol. The third-order valence-electron chi connectivity index (χ3n) is 6.37. The number of nitrogens with zero attached hydrogens (tertiary/aromatic N) is 3. The fourth-order valence-electron chi connectivity index (χ4n) is 4.38. The van der Waals surface area contributed by atoms with E-state index < -0.39 is 0 Å². The number of nitrogens with one attached hydrogen (secondary N) is 1. The molecule has 1 N–H and O–H groups in total. The molecule has 30 heavy (non-hydrogen) atoms. The van der Waals surface area contributed by atoms with Crippen molar-refractivity contribution in [3.05, 3.63) is 62.8 Å². The Kier molecular flexibility index (Phi) is 5.45. The van der Waals surface area contributed by atoms with E-state index in [1.54, 1.807) is 4.90 Å². The topological polar surface area (TPSA) is 86.4 Å². The highest BCUT2D eigenvalue weighted by molar-refractivity contribution is 5.83. The summed E-state index contributed by atoms with van der Waals surface area (Å²) in [4.78, 5) is 48.5. The molecule has 0 saturated carbocycles. The molecular formula is C23H28N4O3. The lowest BCUT2D eigenvalue weighted by atomic mass is 9.98. The molecule has 1 aromatic heterocycles. The first-order valence-electron chi connectivity index (χ1n) is 10.6. The van der Waals surface area contributed by atoms with Crippen molar-refractivity contribution in [3.8, 4) is 0 Å². The smallest absolute Gasteiger partial charge is 0.254 e. The van der Waals surface area contributed by atoms with Crippen molar-refractivity contribution >= 4 is 11.8 Å². The van der Waals surface area contributed by atoms with E-state index in [0.29, 0.717) is 49.7 Å². The molecule has 2 amide bonds. The minimum atomic E-state index is -0.205. The summed E-state index contributed by atoms with van der Waals surface area (Å²) in [6.07, 6.45) is 1.30. The van der Waals surface area contributed by atoms with Crippen molar-refractivity contribution in [2.75, 3.05) is 19.6 Å². The van der Waals surface area contributed by atoms with Gasteiger partial charge >= 0.3 is 0 Å². The van der Waals surface area contributed by atoms with Crippen LogP contribution < -0.4 is 5.56 Å². The van der Waals surface area contributed by atoms with Gasteiger partial charge in [0.2, 0.25) is 11.8 Å². The van der Waals surface area contributed by atoms with E-state index in [1.165, 1.54) is 12.5 Å². The number of hydrogen-bond acceptors (Lipinski definition) is 4. The van der Waals surface area contributed by atoms with Crippen molar-refractivity contribution in [2.45, 2.75) is 52.0 Å². The molecule has 0 radical (unpaired) electrons. The number of aromatic amines is 1. The molecule has 4 rings (SSSR count). The van der Waals surface area contributed by atoms with E-state index in [2.05, 4.69) is 4.98 Å². The standard InChI is InChI=1S/C23H28N4O3/c1-14-4-6-17(7-5-14)15(2)23(30)27-10-8-18(12-27)21-24-20-13-26(16(3)28)11-9-19(20)22(29)25-21/h4-7,15,18H,8-13H2,1-3H3,(H,24,25,29)/t15-,18+/m0/s1. The summed E-state index contributed by atoms with van der Waals surface area (Å²) in [7, 11) is 0. The second-order valence-corrected chi connectivity index (χ2v) is 8.47. The second kappa shape index (κ2) is 8.05. The number of aromatic nitrogens is 2. The van der Waals surface area contributed by atoms with Crippen LogP contribution in [0.15, 0.2) is 29.1 Å². The monoisotopic (exact) mass is 408 g/mol. The van der Waals surface area contributed by atoms with E-state index in [-0.39, 0.29) is 29.2 Å². The van der Waals surface area contributed by atoms with Gasteiger partial charge in [0.05, 0.1) is 18.2 Å². The first-order chi connectivity index (χ1) is 14.3. The largest absolute Gasteiger partial charge is 0.341 e. The van der Waals surface area contributed by atoms with Gasteiger partial charge in [0.1, 0.15) is 5.82 Å². The summed E-state index contributed by atoms with van der Waals surface area (Å²) in [5, 5.41) is 0. The Morgan fingerprint density at radius 1 is 1.17 bits per heavy atom. The maximum atomic E-state index is 13.0. The van der Waals surface area contributed by atoms with E-state index in [1.807, 2.05) is 43.0 Å². The average molecular weight is 409 g/mol. The Bertz CT molecular complexity index is 1030. The van der Waals surface area contributed by atoms with Gasteiger partial charge < -0.3 is 14.8 Å². The molecule has 2 aliphatic heterocycles. The number of H-pyrrole nitrogens is 1. The molecule has 2 atom stereocenters. The third kappa shape index (κ3) is 3.88. The molecule has 1 saturated heterocycles. The zero-order chi connectivity index (χ0) is 21.4. The van der Waals surface area contributed by atoms with E-state index in [4.69, 9.17) is 4.98 Å². The van der Waals surface area contributed by atoms with Crippen LogP contribution in [0.4, 0.5) is 0 Å². The quantitative estimate of drug-likeness (QED) is 0.843. The molecule has 7 heteroatoms. The highest BCUT2D eigenvalue weighted by Crippen LogP contribution is 2.28. The summed E-state index contributed by atoms with van der Waals surface area (Å²) < 4.78 is 0. The second-order valence-electron chi connectivity index (χ2n) is 8.47. The lowest BCUT2D eigenvalue weighted by molar-refractivity contribution is -0.131. The van der Waals surface area contributed by atoms with Gasteiger partial charge in [-0.3, -0.25) is 14.4 Å². The average Bonchev–Trinajstić information content (AvgIpc) is 3.23. The fourth-order valence-corrected chi connectivity index (χ4v) is 4.38. The van der Waals surface area contributed by atoms with Gasteiger partial charge in [-0.15, -0.1) is 0 Å². The SMILES string of the molecule is CC(=O)N1CCc2c(nc([C@@H]3CCN(C(=O)[C@@H](C)c4ccc(C)cc4)C3)[nH]c2=O)C1. The fraction of sp³-hybridized carbons (Fsp3) is 0.478. The number of likely N-dealkylation sites (tertiary alicyclic amines) is 1. The summed E-state index contributed by atoms with van der Waals surface area (Å²) in [5.74, 6) is 0.521. The molecule has 3 heterocycles. The zero-order valence-electron chi connectivity index (χ0n) is 17.8. The number of amides is 2. The Morgan fingerprint density at radius 2 is 1.90 bits per heavy atom. The van der Waals surface area contributed by atoms with Gasteiger partial charge in [0.15, 0.2) is 0 Å². The maximum Gasteiger partial charge on any atom is 0.254 e. The van der Waals surface area contributed by atoms with E-state index >= 15 is 0 Å². The van der Waals surface area contributed by atoms with Crippen LogP contribution in [0.2, 0.25) is 0 Å². The predicted octanol–water partition coefficient (Wildman–Crippen LogP) is 2.10. The van der Waals surface area contributed by atoms with Gasteiger partial charge in [-0.25, -0.2) is 4.98 Å². The molecule has 158 valence electrons. The van der Waals surface area contributed by atoms with Crippen molar-refractivity contribution < 1.29 is 9.59 Å². The number of carbonyl (C=O) groups is 2. The normalized spacial score (nSPS) is 19.5. The van der Waals surface area contributed by atoms with Crippen LogP contribution in [0.5, 0.6) is 0 Å². The van der Waals surface area contributed by atoms with Crippen LogP contribution in [0.25, 0.3) is 0 Å². The zero-order valence-corrected chi connectivity index (χ0v) is 17.8. The van der Waals surface area contributed by atoms with Crippen LogP contribution in [-0.2, 0) is 22.6 Å². The lowest BCUT2D eigenvalue weighted by Gasteiger charge is -2.27. The van der Waals surface area contributed by atoms with Gasteiger partial charge in [-0.1, -0.05) is 29.8 Å². The number of aryl methyl sites for hydroxylation is 1. The maximum absolute atomic E-state index is 13.0. The Balaban J connectivity index is 1.49. The van der Waals surface area contributed by atoms with Crippen molar-refractivity contribution in [3.63, 3.8) is 0 Å². The lowest BCUT2D eigenvalue weighted by Crippen LogP contribution is -2.38. The molecule has 0 aliphatic carbocycles. The van der Waals surface area contributed by atoms with Gasteiger partial charge in [-0.05, 0) is 32.3 Å². The van der Waals surface area contributed by atoms with Crippen molar-refractivity contribution in [1.82, 2.24) is 19.8 Å². The number of benzene rings is 1. The number of hydrogen-bond donors (Lipinski definition) is 1. The van der Waals surface area contributed by atoms with Crippen molar-refractivity contribution in [2.24, 2.45) is 0 Å². The first-order valence-corrected chi connectivity index (χ1v) is 10.6. The van der Waals surface area contributed by atoms with Crippen LogP contribution in [0.3, 0.4) is 0 Å². The number of carbonyl (C=O) groups excluding carboxylic acids is 2. The molecule has 2 aliphatic rings. The molecule has 7 nitrogen and oxygen atoms in total. The first kappa shape index (κ1) is 20.3. The molecule has 1 fully saturated rings. The van der Waals surface area contributed by atoms with E-state index in [9.17, 15) is 14.4 Å². The Hall–Kier alpha value is -2.96. The Labute approximate surface area is 176 Å². The van der Waals surface area contributed by atoms with Crippen LogP contribution in [0.1, 0.15) is 60.3 Å². The summed E-state index contributed by atoms with van der Waals surface area (Å²) in [6.45, 7) is 7.64. The third-order valence-corrected chi connectivity index (χ3v) is 6.37.